The fourth-order valence-electron chi connectivity index (χ4n) is 2.14. The molecule has 3 heterocycles. The third kappa shape index (κ3) is 2.82. The summed E-state index contributed by atoms with van der Waals surface area (Å²) in [4.78, 5) is 9.76. The molecule has 6 nitrogen and oxygen atoms in total. The molecule has 0 atom stereocenters. The number of para-hydroxylation sites is 1. The maximum atomic E-state index is 4.46. The number of halogens is 1. The van der Waals surface area contributed by atoms with Gasteiger partial charge in [-0.05, 0) is 62.4 Å². The van der Waals surface area contributed by atoms with Crippen LogP contribution in [0.15, 0.2) is 69.4 Å². The van der Waals surface area contributed by atoms with E-state index in [9.17, 15) is 0 Å². The lowest BCUT2D eigenvalue weighted by atomic mass is 10.3. The zero-order chi connectivity index (χ0) is 15.6. The van der Waals surface area contributed by atoms with Gasteiger partial charge in [-0.2, -0.15) is 4.68 Å². The van der Waals surface area contributed by atoms with E-state index in [1.807, 2.05) is 42.5 Å². The van der Waals surface area contributed by atoms with Crippen LogP contribution in [0.4, 0.5) is 0 Å². The Labute approximate surface area is 144 Å². The zero-order valence-corrected chi connectivity index (χ0v) is 14.1. The topological polar surface area (TPSA) is 69.4 Å². The highest BCUT2D eigenvalue weighted by atomic mass is 79.9. The molecule has 0 fully saturated rings. The van der Waals surface area contributed by atoms with Gasteiger partial charge in [0.1, 0.15) is 5.52 Å². The van der Waals surface area contributed by atoms with Gasteiger partial charge in [-0.1, -0.05) is 18.2 Å². The molecule has 1 aromatic carbocycles. The summed E-state index contributed by atoms with van der Waals surface area (Å²) in [6.45, 7) is 0. The second-order valence-electron chi connectivity index (χ2n) is 4.64. The van der Waals surface area contributed by atoms with Gasteiger partial charge in [0.2, 0.25) is 5.16 Å². The number of nitrogens with zero attached hydrogens (tertiary/aromatic N) is 6. The van der Waals surface area contributed by atoms with E-state index in [1.54, 1.807) is 17.1 Å². The molecule has 0 bridgehead atoms. The summed E-state index contributed by atoms with van der Waals surface area (Å²) >= 11 is 4.87. The van der Waals surface area contributed by atoms with Gasteiger partial charge in [0.15, 0.2) is 0 Å². The monoisotopic (exact) mass is 384 g/mol. The summed E-state index contributed by atoms with van der Waals surface area (Å²) < 4.78 is 2.60. The molecule has 3 aromatic heterocycles. The molecule has 23 heavy (non-hydrogen) atoms. The van der Waals surface area contributed by atoms with Gasteiger partial charge in [0.05, 0.1) is 11.2 Å². The number of pyridine rings is 2. The molecule has 4 aromatic rings. The van der Waals surface area contributed by atoms with Crippen molar-refractivity contribution >= 4 is 38.7 Å². The Morgan fingerprint density at radius 3 is 2.78 bits per heavy atom. The Morgan fingerprint density at radius 2 is 1.91 bits per heavy atom. The minimum atomic E-state index is 0.674. The van der Waals surface area contributed by atoms with Gasteiger partial charge in [-0.3, -0.25) is 9.97 Å². The SMILES string of the molecule is Brc1cnc2c(Sc3nnnn3-c3ccccc3)ccnc2c1. The lowest BCUT2D eigenvalue weighted by molar-refractivity contribution is 0.756. The van der Waals surface area contributed by atoms with E-state index in [-0.39, 0.29) is 0 Å². The summed E-state index contributed by atoms with van der Waals surface area (Å²) in [6, 6.07) is 13.6. The van der Waals surface area contributed by atoms with Crippen molar-refractivity contribution in [2.24, 2.45) is 0 Å². The van der Waals surface area contributed by atoms with Gasteiger partial charge in [-0.25, -0.2) is 0 Å². The molecule has 0 N–H and O–H groups in total. The van der Waals surface area contributed by atoms with Gasteiger partial charge < -0.3 is 0 Å². The molecule has 8 heteroatoms. The van der Waals surface area contributed by atoms with Crippen LogP contribution in [0.1, 0.15) is 0 Å². The highest BCUT2D eigenvalue weighted by Crippen LogP contribution is 2.31. The maximum Gasteiger partial charge on any atom is 0.218 e. The van der Waals surface area contributed by atoms with Crippen LogP contribution in [0.5, 0.6) is 0 Å². The largest absolute Gasteiger partial charge is 0.254 e. The number of rotatable bonds is 3. The first-order chi connectivity index (χ1) is 11.3. The normalized spacial score (nSPS) is 11.0. The number of benzene rings is 1. The molecule has 0 saturated carbocycles. The number of hydrogen-bond donors (Lipinski definition) is 0. The Hall–Kier alpha value is -2.32. The van der Waals surface area contributed by atoms with Crippen molar-refractivity contribution in [1.82, 2.24) is 30.2 Å². The van der Waals surface area contributed by atoms with Crippen molar-refractivity contribution in [2.45, 2.75) is 10.1 Å². The molecule has 0 amide bonds. The smallest absolute Gasteiger partial charge is 0.218 e. The molecular weight excluding hydrogens is 376 g/mol. The van der Waals surface area contributed by atoms with E-state index in [0.29, 0.717) is 5.16 Å². The molecule has 0 aliphatic carbocycles. The molecule has 0 spiro atoms. The van der Waals surface area contributed by atoms with Crippen molar-refractivity contribution < 1.29 is 0 Å². The number of tetrazole rings is 1. The minimum absolute atomic E-state index is 0.674. The number of aromatic nitrogens is 6. The van der Waals surface area contributed by atoms with Crippen molar-refractivity contribution in [3.8, 4) is 5.69 Å². The van der Waals surface area contributed by atoms with Gasteiger partial charge >= 0.3 is 0 Å². The van der Waals surface area contributed by atoms with Crippen LogP contribution in [0.25, 0.3) is 16.7 Å². The molecule has 112 valence electrons. The summed E-state index contributed by atoms with van der Waals surface area (Å²) in [6.07, 6.45) is 3.52. The van der Waals surface area contributed by atoms with E-state index in [2.05, 4.69) is 41.4 Å². The third-order valence-electron chi connectivity index (χ3n) is 3.15. The second kappa shape index (κ2) is 6.05. The van der Waals surface area contributed by atoms with E-state index in [4.69, 9.17) is 0 Å². The predicted octanol–water partition coefficient (Wildman–Crippen LogP) is 3.52. The molecule has 0 radical (unpaired) electrons. The van der Waals surface area contributed by atoms with Gasteiger partial charge in [0, 0.05) is 21.8 Å². The van der Waals surface area contributed by atoms with Crippen LogP contribution < -0.4 is 0 Å². The Balaban J connectivity index is 1.77. The fraction of sp³-hybridized carbons (Fsp3) is 0. The van der Waals surface area contributed by atoms with Crippen LogP contribution in [-0.2, 0) is 0 Å². The Kier molecular flexibility index (Phi) is 3.76. The van der Waals surface area contributed by atoms with E-state index >= 15 is 0 Å². The Bertz CT molecular complexity index is 972. The first kappa shape index (κ1) is 14.3. The van der Waals surface area contributed by atoms with E-state index < -0.39 is 0 Å². The second-order valence-corrected chi connectivity index (χ2v) is 6.57. The zero-order valence-electron chi connectivity index (χ0n) is 11.7. The first-order valence-corrected chi connectivity index (χ1v) is 8.34. The average Bonchev–Trinajstić information content (AvgIpc) is 3.04. The molecule has 0 aliphatic heterocycles. The standard InChI is InChI=1S/C15H9BrN6S/c16-10-8-12-14(18-9-10)13(6-7-17-12)23-15-19-20-21-22(15)11-4-2-1-3-5-11/h1-9H. The average molecular weight is 385 g/mol. The van der Waals surface area contributed by atoms with Crippen LogP contribution in [0, 0.1) is 0 Å². The van der Waals surface area contributed by atoms with E-state index in [1.165, 1.54) is 11.8 Å². The predicted molar refractivity (Wildman–Crippen MR) is 90.5 cm³/mol. The van der Waals surface area contributed by atoms with Crippen LogP contribution >= 0.6 is 27.7 Å². The minimum Gasteiger partial charge on any atom is -0.254 e. The van der Waals surface area contributed by atoms with E-state index in [0.717, 1.165) is 26.1 Å². The molecule has 4 rings (SSSR count). The van der Waals surface area contributed by atoms with Crippen molar-refractivity contribution in [1.29, 1.82) is 0 Å². The quantitative estimate of drug-likeness (QED) is 0.538. The molecule has 0 unspecified atom stereocenters. The fourth-order valence-corrected chi connectivity index (χ4v) is 3.34. The first-order valence-electron chi connectivity index (χ1n) is 6.73. The highest BCUT2D eigenvalue weighted by Gasteiger charge is 2.13. The van der Waals surface area contributed by atoms with Gasteiger partial charge in [-0.15, -0.1) is 5.10 Å². The van der Waals surface area contributed by atoms with Gasteiger partial charge in [0.25, 0.3) is 0 Å². The molecular formula is C15H9BrN6S. The third-order valence-corrected chi connectivity index (χ3v) is 4.57. The van der Waals surface area contributed by atoms with Crippen LogP contribution in [0.3, 0.4) is 0 Å². The summed E-state index contributed by atoms with van der Waals surface area (Å²) in [5, 5.41) is 12.6. The summed E-state index contributed by atoms with van der Waals surface area (Å²) in [7, 11) is 0. The van der Waals surface area contributed by atoms with Crippen LogP contribution in [0.2, 0.25) is 0 Å². The Morgan fingerprint density at radius 1 is 1.04 bits per heavy atom. The van der Waals surface area contributed by atoms with Crippen LogP contribution in [-0.4, -0.2) is 30.2 Å². The molecule has 0 aliphatic rings. The number of hydrogen-bond acceptors (Lipinski definition) is 6. The number of fused-ring (bicyclic) bond motifs is 1. The lowest BCUT2D eigenvalue weighted by Gasteiger charge is -2.06. The van der Waals surface area contributed by atoms with Crippen molar-refractivity contribution in [2.75, 3.05) is 0 Å². The maximum absolute atomic E-state index is 4.46. The van der Waals surface area contributed by atoms with Crippen molar-refractivity contribution in [3.63, 3.8) is 0 Å². The summed E-state index contributed by atoms with van der Waals surface area (Å²) in [5.41, 5.74) is 2.56. The summed E-state index contributed by atoms with van der Waals surface area (Å²) in [5.74, 6) is 0. The lowest BCUT2D eigenvalue weighted by Crippen LogP contribution is -1.98. The highest BCUT2D eigenvalue weighted by molar-refractivity contribution is 9.10. The molecule has 0 saturated heterocycles. The van der Waals surface area contributed by atoms with Crippen molar-refractivity contribution in [3.05, 3.63) is 59.3 Å².